The van der Waals surface area contributed by atoms with Gasteiger partial charge in [-0.2, -0.15) is 15.8 Å². The maximum absolute atomic E-state index is 10.7. The molecule has 0 unspecified atom stereocenters. The lowest BCUT2D eigenvalue weighted by Crippen LogP contribution is -2.27. The van der Waals surface area contributed by atoms with Crippen LogP contribution in [0.4, 0.5) is 0 Å². The summed E-state index contributed by atoms with van der Waals surface area (Å²) < 4.78 is 4.33. The Kier molecular flexibility index (Phi) is 2.66. The monoisotopic (exact) mass is 148 g/mol. The van der Waals surface area contributed by atoms with Crippen LogP contribution in [0.3, 0.4) is 0 Å². The second-order valence-corrected chi connectivity index (χ2v) is 1.37. The number of hydrogen-bond donors (Lipinski definition) is 0. The number of nitrogens with zero attached hydrogens (tertiary/aromatic N) is 3. The van der Waals surface area contributed by atoms with Crippen molar-refractivity contribution >= 4 is 14.0 Å². The Morgan fingerprint density at radius 3 is 1.73 bits per heavy atom. The molecule has 0 aromatic heterocycles. The van der Waals surface area contributed by atoms with E-state index in [9.17, 15) is 4.79 Å². The molecule has 0 radical (unpaired) electrons. The van der Waals surface area contributed by atoms with Gasteiger partial charge in [0, 0.05) is 0 Å². The molecule has 0 spiro atoms. The van der Waals surface area contributed by atoms with E-state index in [0.717, 1.165) is 0 Å². The van der Waals surface area contributed by atoms with Gasteiger partial charge in [0.25, 0.3) is 0 Å². The summed E-state index contributed by atoms with van der Waals surface area (Å²) in [5, 5.41) is 24.9. The molecular weight excluding hydrogens is 145 g/mol. The van der Waals surface area contributed by atoms with Crippen LogP contribution in [0.25, 0.3) is 0 Å². The summed E-state index contributed by atoms with van der Waals surface area (Å²) in [5.74, 6) is -1.04. The molecule has 0 saturated carbocycles. The van der Waals surface area contributed by atoms with Gasteiger partial charge in [-0.3, -0.25) is 4.79 Å². The van der Waals surface area contributed by atoms with Gasteiger partial charge >= 0.3 is 11.4 Å². The molecule has 6 heteroatoms. The van der Waals surface area contributed by atoms with E-state index in [1.807, 2.05) is 0 Å². The molecule has 0 amide bonds. The zero-order valence-electron chi connectivity index (χ0n) is 4.66. The van der Waals surface area contributed by atoms with E-state index in [0.29, 0.717) is 0 Å². The second-order valence-electron chi connectivity index (χ2n) is 1.37. The standard InChI is InChI=1S/C5H3BN3O2/c6-11-4(10)5(1-7,2-8)3-9/h6H3/q-1. The maximum Gasteiger partial charge on any atom is 0.319 e. The zero-order chi connectivity index (χ0) is 8.91. The lowest BCUT2D eigenvalue weighted by atomic mass is 9.94. The van der Waals surface area contributed by atoms with Crippen LogP contribution in [0.5, 0.6) is 0 Å². The molecule has 0 aromatic rings. The van der Waals surface area contributed by atoms with Gasteiger partial charge in [0.15, 0.2) is 0 Å². The van der Waals surface area contributed by atoms with Crippen molar-refractivity contribution in [2.24, 2.45) is 5.41 Å². The molecule has 0 bridgehead atoms. The van der Waals surface area contributed by atoms with Crippen molar-refractivity contribution in [2.45, 2.75) is 0 Å². The van der Waals surface area contributed by atoms with E-state index in [4.69, 9.17) is 15.8 Å². The summed E-state index contributed by atoms with van der Waals surface area (Å²) in [6.45, 7) is 0. The predicted octanol–water partition coefficient (Wildman–Crippen LogP) is -1.63. The van der Waals surface area contributed by atoms with Crippen LogP contribution in [0, 0.1) is 39.4 Å². The number of carbonyl (C=O) groups excluding carboxylic acids is 1. The average molecular weight is 148 g/mol. The van der Waals surface area contributed by atoms with Gasteiger partial charge in [0.05, 0.1) is 0 Å². The highest BCUT2D eigenvalue weighted by Gasteiger charge is 2.39. The molecule has 5 nitrogen and oxygen atoms in total. The molecular formula is C5H3BN3O2-. The van der Waals surface area contributed by atoms with Crippen molar-refractivity contribution in [1.82, 2.24) is 0 Å². The van der Waals surface area contributed by atoms with Crippen LogP contribution in [-0.2, 0) is 9.45 Å². The van der Waals surface area contributed by atoms with Gasteiger partial charge in [0.2, 0.25) is 0 Å². The largest absolute Gasteiger partial charge is 0.694 e. The molecule has 0 atom stereocenters. The molecule has 0 aliphatic heterocycles. The third kappa shape index (κ3) is 1.28. The molecule has 54 valence electrons. The van der Waals surface area contributed by atoms with Gasteiger partial charge in [-0.05, 0) is 0 Å². The van der Waals surface area contributed by atoms with Gasteiger partial charge < -0.3 is 4.65 Å². The Hall–Kier alpha value is -2.00. The van der Waals surface area contributed by atoms with Gasteiger partial charge in [0.1, 0.15) is 26.3 Å². The Bertz CT molecular complexity index is 256. The van der Waals surface area contributed by atoms with E-state index in [1.54, 1.807) is 0 Å². The Balaban J connectivity index is 4.98. The molecule has 0 fully saturated rings. The van der Waals surface area contributed by atoms with Crippen LogP contribution >= 0.6 is 0 Å². The number of hydrogen-bond acceptors (Lipinski definition) is 5. The van der Waals surface area contributed by atoms with E-state index >= 15 is 0 Å². The first kappa shape index (κ1) is 9.00. The van der Waals surface area contributed by atoms with Crippen molar-refractivity contribution in [1.29, 1.82) is 15.8 Å². The van der Waals surface area contributed by atoms with Gasteiger partial charge in [-0.1, -0.05) is 0 Å². The maximum atomic E-state index is 10.7. The fourth-order valence-electron chi connectivity index (χ4n) is 0.212. The summed E-state index contributed by atoms with van der Waals surface area (Å²) in [6.07, 6.45) is 0. The Morgan fingerprint density at radius 2 is 1.64 bits per heavy atom. The van der Waals surface area contributed by atoms with E-state index in [-0.39, 0.29) is 0 Å². The van der Waals surface area contributed by atoms with Crippen LogP contribution in [0.1, 0.15) is 0 Å². The summed E-state index contributed by atoms with van der Waals surface area (Å²) in [7, 11) is -0.686. The minimum absolute atomic E-state index is 0.686. The Morgan fingerprint density at radius 1 is 1.27 bits per heavy atom. The van der Waals surface area contributed by atoms with Crippen molar-refractivity contribution in [3.8, 4) is 18.2 Å². The van der Waals surface area contributed by atoms with E-state index in [1.165, 1.54) is 18.2 Å². The summed E-state index contributed by atoms with van der Waals surface area (Å²) in [5.41, 5.74) is -2.25. The minimum atomic E-state index is -2.25. The molecule has 0 N–H and O–H groups in total. The second kappa shape index (κ2) is 3.24. The molecule has 0 aliphatic carbocycles. The minimum Gasteiger partial charge on any atom is -0.694 e. The third-order valence-corrected chi connectivity index (χ3v) is 0.809. The summed E-state index contributed by atoms with van der Waals surface area (Å²) >= 11 is 0. The van der Waals surface area contributed by atoms with E-state index < -0.39 is 19.4 Å². The molecule has 0 rings (SSSR count). The highest BCUT2D eigenvalue weighted by Crippen LogP contribution is 2.14. The zero-order valence-corrected chi connectivity index (χ0v) is 4.66. The first-order valence-corrected chi connectivity index (χ1v) is 2.08. The smallest absolute Gasteiger partial charge is 0.319 e. The third-order valence-electron chi connectivity index (χ3n) is 0.809. The van der Waals surface area contributed by atoms with Crippen LogP contribution in [-0.4, -0.2) is 14.0 Å². The lowest BCUT2D eigenvalue weighted by Gasteiger charge is -2.09. The molecule has 0 saturated heterocycles. The molecule has 11 heavy (non-hydrogen) atoms. The SMILES string of the molecule is [BH3-]OC(=O)C(C#N)(C#N)C#N. The van der Waals surface area contributed by atoms with Crippen molar-refractivity contribution in [3.05, 3.63) is 0 Å². The molecule has 0 aliphatic rings. The van der Waals surface area contributed by atoms with Crippen LogP contribution in [0.15, 0.2) is 0 Å². The fraction of sp³-hybridized carbons (Fsp3) is 0.200. The van der Waals surface area contributed by atoms with Crippen LogP contribution < -0.4 is 0 Å². The quantitative estimate of drug-likeness (QED) is 0.415. The summed E-state index contributed by atoms with van der Waals surface area (Å²) in [6, 6.07) is 3.93. The normalized spacial score (nSPS) is 8.55. The van der Waals surface area contributed by atoms with Crippen molar-refractivity contribution in [2.75, 3.05) is 0 Å². The fourth-order valence-corrected chi connectivity index (χ4v) is 0.212. The number of carbonyl (C=O) groups is 1. The highest BCUT2D eigenvalue weighted by atomic mass is 16.5. The first-order valence-electron chi connectivity index (χ1n) is 2.08. The predicted molar refractivity (Wildman–Crippen MR) is 35.3 cm³/mol. The van der Waals surface area contributed by atoms with Gasteiger partial charge in [-0.15, -0.1) is 0 Å². The Labute approximate surface area is 63.8 Å². The molecule has 0 heterocycles. The van der Waals surface area contributed by atoms with E-state index in [2.05, 4.69) is 4.65 Å². The highest BCUT2D eigenvalue weighted by molar-refractivity contribution is 6.08. The molecule has 0 aromatic carbocycles. The lowest BCUT2D eigenvalue weighted by molar-refractivity contribution is -0.137. The summed E-state index contributed by atoms with van der Waals surface area (Å²) in [4.78, 5) is 10.7. The number of rotatable bonds is 1. The number of nitriles is 3. The first-order chi connectivity index (χ1) is 5.16. The van der Waals surface area contributed by atoms with Crippen molar-refractivity contribution < 1.29 is 9.45 Å². The van der Waals surface area contributed by atoms with Crippen LogP contribution in [0.2, 0.25) is 0 Å². The topological polar surface area (TPSA) is 97.7 Å². The van der Waals surface area contributed by atoms with Crippen molar-refractivity contribution in [3.63, 3.8) is 0 Å². The average Bonchev–Trinajstić information content (AvgIpc) is 2.08. The van der Waals surface area contributed by atoms with Gasteiger partial charge in [-0.25, -0.2) is 0 Å².